The molecule has 2 aromatic rings. The van der Waals surface area contributed by atoms with E-state index in [2.05, 4.69) is 26.2 Å². The van der Waals surface area contributed by atoms with Gasteiger partial charge in [0.15, 0.2) is 11.6 Å². The zero-order chi connectivity index (χ0) is 20.2. The molecule has 2 aliphatic heterocycles. The molecule has 0 amide bonds. The number of rotatable bonds is 6. The molecule has 0 atom stereocenters. The number of aromatic nitrogens is 1. The molecule has 1 aromatic carbocycles. The smallest absolute Gasteiger partial charge is 0.159 e. The lowest BCUT2D eigenvalue weighted by Crippen LogP contribution is -2.44. The first-order valence-electron chi connectivity index (χ1n) is 10.1. The van der Waals surface area contributed by atoms with Crippen LogP contribution in [-0.4, -0.2) is 42.1 Å². The van der Waals surface area contributed by atoms with Crippen molar-refractivity contribution >= 4 is 5.69 Å². The van der Waals surface area contributed by atoms with E-state index in [1.54, 1.807) is 12.1 Å². The molecule has 0 radical (unpaired) electrons. The summed E-state index contributed by atoms with van der Waals surface area (Å²) in [5, 5.41) is 3.44. The van der Waals surface area contributed by atoms with E-state index in [-0.39, 0.29) is 5.82 Å². The van der Waals surface area contributed by atoms with Gasteiger partial charge in [-0.25, -0.2) is 13.2 Å². The number of hydrogen-bond donors (Lipinski definition) is 1. The van der Waals surface area contributed by atoms with Crippen LogP contribution in [0.2, 0.25) is 0 Å². The molecule has 0 saturated carbocycles. The normalized spacial score (nSPS) is 17.6. The summed E-state index contributed by atoms with van der Waals surface area (Å²) in [6.07, 6.45) is 8.09. The van der Waals surface area contributed by atoms with E-state index in [1.165, 1.54) is 18.3 Å². The van der Waals surface area contributed by atoms with Crippen molar-refractivity contribution in [2.45, 2.75) is 31.8 Å². The largest absolute Gasteiger partial charge is 0.345 e. The first-order chi connectivity index (χ1) is 14.1. The van der Waals surface area contributed by atoms with Crippen molar-refractivity contribution in [1.29, 1.82) is 0 Å². The van der Waals surface area contributed by atoms with Gasteiger partial charge in [0.2, 0.25) is 0 Å². The van der Waals surface area contributed by atoms with Gasteiger partial charge in [0.25, 0.3) is 0 Å². The summed E-state index contributed by atoms with van der Waals surface area (Å²) in [5.74, 6) is -1.92. The lowest BCUT2D eigenvalue weighted by Gasteiger charge is -2.34. The molecule has 1 aromatic heterocycles. The highest BCUT2D eigenvalue weighted by atomic mass is 19.2. The van der Waals surface area contributed by atoms with Crippen LogP contribution in [0.5, 0.6) is 0 Å². The number of nitrogens with one attached hydrogen (secondary N) is 1. The zero-order valence-electron chi connectivity index (χ0n) is 16.3. The van der Waals surface area contributed by atoms with E-state index < -0.39 is 11.6 Å². The van der Waals surface area contributed by atoms with Crippen LogP contribution in [0.25, 0.3) is 0 Å². The Morgan fingerprint density at radius 3 is 2.66 bits per heavy atom. The number of allylic oxidation sites excluding steroid dienone is 1. The maximum Gasteiger partial charge on any atom is 0.159 e. The SMILES string of the molecule is Fc1cnc2c(c1)N(CCN1CCC(NCc3ccc(F)c(F)c3)CC1)C=CC2. The highest BCUT2D eigenvalue weighted by Gasteiger charge is 2.21. The minimum Gasteiger partial charge on any atom is -0.345 e. The maximum absolute atomic E-state index is 13.6. The molecule has 0 bridgehead atoms. The van der Waals surface area contributed by atoms with Crippen LogP contribution in [0.4, 0.5) is 18.9 Å². The lowest BCUT2D eigenvalue weighted by molar-refractivity contribution is 0.201. The number of anilines is 1. The molecule has 4 rings (SSSR count). The summed E-state index contributed by atoms with van der Waals surface area (Å²) >= 11 is 0. The number of benzene rings is 1. The second-order valence-electron chi connectivity index (χ2n) is 7.65. The fraction of sp³-hybridized carbons (Fsp3) is 0.409. The fourth-order valence-corrected chi connectivity index (χ4v) is 3.95. The van der Waals surface area contributed by atoms with Crippen molar-refractivity contribution < 1.29 is 13.2 Å². The van der Waals surface area contributed by atoms with Crippen LogP contribution >= 0.6 is 0 Å². The summed E-state index contributed by atoms with van der Waals surface area (Å²) in [6.45, 7) is 4.18. The third-order valence-electron chi connectivity index (χ3n) is 5.64. The van der Waals surface area contributed by atoms with Gasteiger partial charge in [0.1, 0.15) is 5.82 Å². The second kappa shape index (κ2) is 8.97. The molecule has 154 valence electrons. The number of piperidine rings is 1. The highest BCUT2D eigenvalue weighted by molar-refractivity contribution is 5.56. The Morgan fingerprint density at radius 1 is 1.03 bits per heavy atom. The van der Waals surface area contributed by atoms with Gasteiger partial charge in [-0.05, 0) is 43.6 Å². The van der Waals surface area contributed by atoms with Crippen LogP contribution in [0, 0.1) is 17.5 Å². The molecule has 0 unspecified atom stereocenters. The molecule has 1 saturated heterocycles. The minimum atomic E-state index is -0.813. The van der Waals surface area contributed by atoms with Gasteiger partial charge in [-0.1, -0.05) is 12.1 Å². The Labute approximate surface area is 169 Å². The van der Waals surface area contributed by atoms with Crippen molar-refractivity contribution in [3.05, 3.63) is 71.4 Å². The fourth-order valence-electron chi connectivity index (χ4n) is 3.95. The van der Waals surface area contributed by atoms with E-state index in [9.17, 15) is 13.2 Å². The zero-order valence-corrected chi connectivity index (χ0v) is 16.3. The quantitative estimate of drug-likeness (QED) is 0.800. The Balaban J connectivity index is 1.22. The molecule has 2 aliphatic rings. The summed E-state index contributed by atoms with van der Waals surface area (Å²) in [5.41, 5.74) is 2.52. The predicted octanol–water partition coefficient (Wildman–Crippen LogP) is 3.63. The molecular weight excluding hydrogens is 377 g/mol. The van der Waals surface area contributed by atoms with Gasteiger partial charge >= 0.3 is 0 Å². The molecule has 7 heteroatoms. The number of likely N-dealkylation sites (tertiary alicyclic amines) is 1. The molecule has 29 heavy (non-hydrogen) atoms. The van der Waals surface area contributed by atoms with Crippen LogP contribution in [0.15, 0.2) is 42.7 Å². The summed E-state index contributed by atoms with van der Waals surface area (Å²) in [4.78, 5) is 8.67. The number of fused-ring (bicyclic) bond motifs is 1. The van der Waals surface area contributed by atoms with E-state index in [0.29, 0.717) is 12.6 Å². The first-order valence-corrected chi connectivity index (χ1v) is 10.1. The van der Waals surface area contributed by atoms with E-state index in [0.717, 1.165) is 62.4 Å². The predicted molar refractivity (Wildman–Crippen MR) is 107 cm³/mol. The van der Waals surface area contributed by atoms with Crippen LogP contribution in [0.3, 0.4) is 0 Å². The Kier molecular flexibility index (Phi) is 6.16. The standard InChI is InChI=1S/C22H25F3N4/c23-17-13-22-21(27-15-17)2-1-7-29(22)11-10-28-8-5-18(6-9-28)26-14-16-3-4-19(24)20(25)12-16/h1,3-4,7,12-13,15,18,26H,2,5-6,8-11,14H2. The van der Waals surface area contributed by atoms with Crippen molar-refractivity contribution in [2.24, 2.45) is 0 Å². The van der Waals surface area contributed by atoms with Crippen molar-refractivity contribution in [3.63, 3.8) is 0 Å². The highest BCUT2D eigenvalue weighted by Crippen LogP contribution is 2.25. The molecular formula is C22H25F3N4. The Hall–Kier alpha value is -2.38. The molecule has 0 aliphatic carbocycles. The molecule has 4 nitrogen and oxygen atoms in total. The average Bonchev–Trinajstić information content (AvgIpc) is 2.74. The van der Waals surface area contributed by atoms with Gasteiger partial charge in [0.05, 0.1) is 17.6 Å². The number of pyridine rings is 1. The second-order valence-corrected chi connectivity index (χ2v) is 7.65. The molecule has 0 spiro atoms. The van der Waals surface area contributed by atoms with Gasteiger partial charge in [-0.2, -0.15) is 0 Å². The number of hydrogen-bond acceptors (Lipinski definition) is 4. The van der Waals surface area contributed by atoms with Gasteiger partial charge in [-0.3, -0.25) is 4.98 Å². The van der Waals surface area contributed by atoms with Gasteiger partial charge < -0.3 is 15.1 Å². The van der Waals surface area contributed by atoms with Gasteiger partial charge in [-0.15, -0.1) is 0 Å². The Bertz CT molecular complexity index is 878. The third kappa shape index (κ3) is 4.97. The van der Waals surface area contributed by atoms with E-state index >= 15 is 0 Å². The van der Waals surface area contributed by atoms with Crippen molar-refractivity contribution in [3.8, 4) is 0 Å². The van der Waals surface area contributed by atoms with E-state index in [4.69, 9.17) is 0 Å². The van der Waals surface area contributed by atoms with Crippen LogP contribution in [-0.2, 0) is 13.0 Å². The Morgan fingerprint density at radius 2 is 1.86 bits per heavy atom. The molecule has 3 heterocycles. The summed E-state index contributed by atoms with van der Waals surface area (Å²) < 4.78 is 39.9. The van der Waals surface area contributed by atoms with Crippen LogP contribution in [0.1, 0.15) is 24.1 Å². The first kappa shape index (κ1) is 19.9. The van der Waals surface area contributed by atoms with Crippen molar-refractivity contribution in [2.75, 3.05) is 31.1 Å². The van der Waals surface area contributed by atoms with Gasteiger partial charge in [0, 0.05) is 44.4 Å². The third-order valence-corrected chi connectivity index (χ3v) is 5.64. The monoisotopic (exact) mass is 402 g/mol. The molecule has 1 fully saturated rings. The average molecular weight is 402 g/mol. The summed E-state index contributed by atoms with van der Waals surface area (Å²) in [6, 6.07) is 5.96. The van der Waals surface area contributed by atoms with E-state index in [1.807, 2.05) is 6.20 Å². The lowest BCUT2D eigenvalue weighted by atomic mass is 10.0. The minimum absolute atomic E-state index is 0.308. The topological polar surface area (TPSA) is 31.4 Å². The van der Waals surface area contributed by atoms with Crippen molar-refractivity contribution in [1.82, 2.24) is 15.2 Å². The molecule has 1 N–H and O–H groups in total. The number of nitrogens with zero attached hydrogens (tertiary/aromatic N) is 3. The number of halogens is 3. The summed E-state index contributed by atoms with van der Waals surface area (Å²) in [7, 11) is 0. The maximum atomic E-state index is 13.6. The van der Waals surface area contributed by atoms with Crippen LogP contribution < -0.4 is 10.2 Å².